The fraction of sp³-hybridized carbons (Fsp3) is 0.692. The number of rotatable bonds is 5. The molecule has 1 amide bonds. The highest BCUT2D eigenvalue weighted by Crippen LogP contribution is 2.26. The second kappa shape index (κ2) is 6.23. The number of carbonyl (C=O) groups is 1. The van der Waals surface area contributed by atoms with Crippen LogP contribution in [-0.2, 0) is 23.1 Å². The molecule has 0 aliphatic carbocycles. The van der Waals surface area contributed by atoms with Crippen LogP contribution in [-0.4, -0.2) is 48.0 Å². The normalized spacial score (nSPS) is 19.4. The minimum absolute atomic E-state index is 0.334. The monoisotopic (exact) mass is 281 g/mol. The topological polar surface area (TPSA) is 85.4 Å². The molecule has 1 atom stereocenters. The molecule has 1 aromatic heterocycles. The number of amides is 1. The highest BCUT2D eigenvalue weighted by molar-refractivity contribution is 5.84. The van der Waals surface area contributed by atoms with Gasteiger partial charge >= 0.3 is 0 Å². The Morgan fingerprint density at radius 2 is 2.35 bits per heavy atom. The number of hydrogen-bond acceptors (Lipinski definition) is 5. The number of anilines is 1. The van der Waals surface area contributed by atoms with Crippen molar-refractivity contribution in [3.63, 3.8) is 0 Å². The summed E-state index contributed by atoms with van der Waals surface area (Å²) in [5.74, 6) is 0.591. The Morgan fingerprint density at radius 3 is 3.00 bits per heavy atom. The summed E-state index contributed by atoms with van der Waals surface area (Å²) in [7, 11) is 1.89. The molecule has 1 saturated heterocycles. The Morgan fingerprint density at radius 1 is 1.60 bits per heavy atom. The summed E-state index contributed by atoms with van der Waals surface area (Å²) in [5, 5.41) is 7.79. The van der Waals surface area contributed by atoms with Gasteiger partial charge in [-0.1, -0.05) is 6.92 Å². The van der Waals surface area contributed by atoms with Crippen molar-refractivity contribution >= 4 is 11.7 Å². The first-order valence-electron chi connectivity index (χ1n) is 6.93. The highest BCUT2D eigenvalue weighted by Gasteiger charge is 2.31. The van der Waals surface area contributed by atoms with Crippen molar-refractivity contribution < 1.29 is 9.53 Å². The van der Waals surface area contributed by atoms with Crippen LogP contribution in [0.1, 0.15) is 18.2 Å². The van der Waals surface area contributed by atoms with E-state index in [9.17, 15) is 4.79 Å². The van der Waals surface area contributed by atoms with Gasteiger partial charge in [0, 0.05) is 25.7 Å². The quantitative estimate of drug-likeness (QED) is 0.762. The van der Waals surface area contributed by atoms with Gasteiger partial charge in [0.1, 0.15) is 11.9 Å². The van der Waals surface area contributed by atoms with Gasteiger partial charge in [0.05, 0.1) is 18.9 Å². The lowest BCUT2D eigenvalue weighted by atomic mass is 10.1. The number of nitrogens with two attached hydrogens (primary N) is 1. The average molecular weight is 281 g/mol. The van der Waals surface area contributed by atoms with Crippen LogP contribution in [0.2, 0.25) is 0 Å². The SMILES string of the molecule is CCNCc1c(C)nn(C)c1N1CCOCC1C(N)=O. The third-order valence-corrected chi connectivity index (χ3v) is 3.59. The Balaban J connectivity index is 2.36. The molecule has 112 valence electrons. The number of aromatic nitrogens is 2. The molecule has 0 bridgehead atoms. The minimum Gasteiger partial charge on any atom is -0.377 e. The van der Waals surface area contributed by atoms with Crippen LogP contribution in [0.3, 0.4) is 0 Å². The molecule has 0 aromatic carbocycles. The van der Waals surface area contributed by atoms with Crippen LogP contribution >= 0.6 is 0 Å². The van der Waals surface area contributed by atoms with E-state index >= 15 is 0 Å². The number of ether oxygens (including phenoxy) is 1. The average Bonchev–Trinajstić information content (AvgIpc) is 2.70. The van der Waals surface area contributed by atoms with Gasteiger partial charge in [-0.15, -0.1) is 0 Å². The number of morpholine rings is 1. The molecule has 1 unspecified atom stereocenters. The van der Waals surface area contributed by atoms with E-state index in [2.05, 4.69) is 17.3 Å². The van der Waals surface area contributed by atoms with E-state index < -0.39 is 6.04 Å². The van der Waals surface area contributed by atoms with Gasteiger partial charge in [0.25, 0.3) is 0 Å². The number of aryl methyl sites for hydroxylation is 2. The van der Waals surface area contributed by atoms with Crippen molar-refractivity contribution in [3.8, 4) is 0 Å². The summed E-state index contributed by atoms with van der Waals surface area (Å²) in [4.78, 5) is 13.6. The third kappa shape index (κ3) is 2.78. The van der Waals surface area contributed by atoms with Gasteiger partial charge in [-0.2, -0.15) is 5.10 Å². The molecule has 0 saturated carbocycles. The predicted molar refractivity (Wildman–Crippen MR) is 76.5 cm³/mol. The fourth-order valence-corrected chi connectivity index (χ4v) is 2.60. The van der Waals surface area contributed by atoms with E-state index in [4.69, 9.17) is 10.5 Å². The molecule has 20 heavy (non-hydrogen) atoms. The zero-order valence-electron chi connectivity index (χ0n) is 12.3. The second-order valence-corrected chi connectivity index (χ2v) is 4.98. The maximum atomic E-state index is 11.6. The van der Waals surface area contributed by atoms with Crippen LogP contribution < -0.4 is 16.0 Å². The molecule has 3 N–H and O–H groups in total. The summed E-state index contributed by atoms with van der Waals surface area (Å²) >= 11 is 0. The molecule has 1 aromatic rings. The second-order valence-electron chi connectivity index (χ2n) is 4.98. The predicted octanol–water partition coefficient (Wildman–Crippen LogP) is -0.471. The maximum Gasteiger partial charge on any atom is 0.242 e. The molecule has 2 heterocycles. The lowest BCUT2D eigenvalue weighted by molar-refractivity contribution is -0.121. The maximum absolute atomic E-state index is 11.6. The van der Waals surface area contributed by atoms with Crippen molar-refractivity contribution in [2.24, 2.45) is 12.8 Å². The van der Waals surface area contributed by atoms with E-state index in [1.54, 1.807) is 0 Å². The van der Waals surface area contributed by atoms with Gasteiger partial charge in [-0.3, -0.25) is 9.48 Å². The number of nitrogens with one attached hydrogen (secondary N) is 1. The Bertz CT molecular complexity index is 485. The van der Waals surface area contributed by atoms with E-state index in [0.717, 1.165) is 30.2 Å². The standard InChI is InChI=1S/C13H23N5O2/c1-4-15-7-10-9(2)16-17(3)13(10)18-5-6-20-8-11(18)12(14)19/h11,15H,4-8H2,1-3H3,(H2,14,19). The van der Waals surface area contributed by atoms with Gasteiger partial charge < -0.3 is 20.7 Å². The van der Waals surface area contributed by atoms with E-state index in [1.165, 1.54) is 0 Å². The molecular weight excluding hydrogens is 258 g/mol. The lowest BCUT2D eigenvalue weighted by Gasteiger charge is -2.35. The summed E-state index contributed by atoms with van der Waals surface area (Å²) < 4.78 is 7.20. The largest absolute Gasteiger partial charge is 0.377 e. The summed E-state index contributed by atoms with van der Waals surface area (Å²) in [6.07, 6.45) is 0. The van der Waals surface area contributed by atoms with Gasteiger partial charge in [-0.05, 0) is 13.5 Å². The van der Waals surface area contributed by atoms with Crippen LogP contribution in [0, 0.1) is 6.92 Å². The Labute approximate surface area is 119 Å². The first-order chi connectivity index (χ1) is 9.56. The smallest absolute Gasteiger partial charge is 0.242 e. The molecule has 2 rings (SSSR count). The van der Waals surface area contributed by atoms with Crippen molar-refractivity contribution in [2.75, 3.05) is 31.2 Å². The molecule has 0 spiro atoms. The van der Waals surface area contributed by atoms with E-state index in [-0.39, 0.29) is 5.91 Å². The summed E-state index contributed by atoms with van der Waals surface area (Å²) in [6, 6.07) is -0.432. The van der Waals surface area contributed by atoms with Gasteiger partial charge in [0.2, 0.25) is 5.91 Å². The first kappa shape index (κ1) is 14.8. The number of carbonyl (C=O) groups excluding carboxylic acids is 1. The van der Waals surface area contributed by atoms with Crippen molar-refractivity contribution in [1.29, 1.82) is 0 Å². The zero-order valence-corrected chi connectivity index (χ0v) is 12.3. The lowest BCUT2D eigenvalue weighted by Crippen LogP contribution is -2.53. The highest BCUT2D eigenvalue weighted by atomic mass is 16.5. The molecule has 1 aliphatic rings. The van der Waals surface area contributed by atoms with Crippen LogP contribution in [0.4, 0.5) is 5.82 Å². The van der Waals surface area contributed by atoms with Crippen molar-refractivity contribution in [3.05, 3.63) is 11.3 Å². The fourth-order valence-electron chi connectivity index (χ4n) is 2.60. The Hall–Kier alpha value is -1.60. The molecule has 7 nitrogen and oxygen atoms in total. The van der Waals surface area contributed by atoms with E-state index in [1.807, 2.05) is 23.6 Å². The molecule has 1 fully saturated rings. The minimum atomic E-state index is -0.432. The summed E-state index contributed by atoms with van der Waals surface area (Å²) in [5.41, 5.74) is 7.58. The zero-order chi connectivity index (χ0) is 14.7. The molecule has 1 aliphatic heterocycles. The Kier molecular flexibility index (Phi) is 4.61. The number of nitrogens with zero attached hydrogens (tertiary/aromatic N) is 3. The molecular formula is C13H23N5O2. The van der Waals surface area contributed by atoms with Crippen molar-refractivity contribution in [2.45, 2.75) is 26.4 Å². The molecule has 7 heteroatoms. The number of primary amides is 1. The first-order valence-corrected chi connectivity index (χ1v) is 6.93. The molecule has 0 radical (unpaired) electrons. The van der Waals surface area contributed by atoms with Gasteiger partial charge in [-0.25, -0.2) is 0 Å². The third-order valence-electron chi connectivity index (χ3n) is 3.59. The van der Waals surface area contributed by atoms with E-state index in [0.29, 0.717) is 19.8 Å². The van der Waals surface area contributed by atoms with Gasteiger partial charge in [0.15, 0.2) is 0 Å². The van der Waals surface area contributed by atoms with Crippen LogP contribution in [0.15, 0.2) is 0 Å². The van der Waals surface area contributed by atoms with Crippen LogP contribution in [0.25, 0.3) is 0 Å². The number of hydrogen-bond donors (Lipinski definition) is 2. The van der Waals surface area contributed by atoms with Crippen molar-refractivity contribution in [1.82, 2.24) is 15.1 Å². The summed E-state index contributed by atoms with van der Waals surface area (Å²) in [6.45, 7) is 7.23. The van der Waals surface area contributed by atoms with Crippen LogP contribution in [0.5, 0.6) is 0 Å².